The molecule has 1 aliphatic heterocycles. The summed E-state index contributed by atoms with van der Waals surface area (Å²) in [4.78, 5) is 29.9. The summed E-state index contributed by atoms with van der Waals surface area (Å²) in [5, 5.41) is 0. The molecule has 7 nitrogen and oxygen atoms in total. The molecule has 0 aliphatic carbocycles. The number of likely N-dealkylation sites (N-methyl/N-ethyl adjacent to an activating group) is 1. The van der Waals surface area contributed by atoms with Crippen molar-refractivity contribution in [1.29, 1.82) is 0 Å². The summed E-state index contributed by atoms with van der Waals surface area (Å²) >= 11 is 0. The van der Waals surface area contributed by atoms with E-state index in [0.717, 1.165) is 29.5 Å². The molecule has 1 aliphatic rings. The SMILES string of the molecule is COc1cc(-c2ccc(C[C@H]3C(=O)N(CCCc4ccccc4)[C@@H](C)C(=O)N3C)cc2)cc(OC)c1OC. The molecule has 2 amide bonds. The molecule has 0 N–H and O–H groups in total. The average Bonchev–Trinajstić information content (AvgIpc) is 2.96. The summed E-state index contributed by atoms with van der Waals surface area (Å²) in [5.74, 6) is 1.69. The first-order valence-corrected chi connectivity index (χ1v) is 12.9. The summed E-state index contributed by atoms with van der Waals surface area (Å²) in [6.45, 7) is 2.38. The largest absolute Gasteiger partial charge is 0.493 e. The van der Waals surface area contributed by atoms with Crippen LogP contribution in [0.25, 0.3) is 11.1 Å². The first kappa shape index (κ1) is 27.0. The highest BCUT2D eigenvalue weighted by atomic mass is 16.5. The van der Waals surface area contributed by atoms with E-state index in [9.17, 15) is 9.59 Å². The highest BCUT2D eigenvalue weighted by Crippen LogP contribution is 2.41. The highest BCUT2D eigenvalue weighted by molar-refractivity contribution is 5.96. The first-order valence-electron chi connectivity index (χ1n) is 12.9. The third-order valence-electron chi connectivity index (χ3n) is 7.30. The van der Waals surface area contributed by atoms with Gasteiger partial charge < -0.3 is 24.0 Å². The van der Waals surface area contributed by atoms with Crippen molar-refractivity contribution < 1.29 is 23.8 Å². The van der Waals surface area contributed by atoms with Crippen molar-refractivity contribution in [3.05, 3.63) is 77.9 Å². The Balaban J connectivity index is 1.48. The third-order valence-corrected chi connectivity index (χ3v) is 7.30. The van der Waals surface area contributed by atoms with Crippen LogP contribution < -0.4 is 14.2 Å². The summed E-state index contributed by atoms with van der Waals surface area (Å²) in [7, 11) is 6.49. The first-order chi connectivity index (χ1) is 18.4. The van der Waals surface area contributed by atoms with Gasteiger partial charge in [-0.05, 0) is 54.2 Å². The van der Waals surface area contributed by atoms with Crippen LogP contribution in [0.1, 0.15) is 24.5 Å². The Morgan fingerprint density at radius 1 is 0.763 bits per heavy atom. The summed E-state index contributed by atoms with van der Waals surface area (Å²) < 4.78 is 16.4. The quantitative estimate of drug-likeness (QED) is 0.394. The number of rotatable bonds is 10. The molecule has 1 saturated heterocycles. The molecule has 1 fully saturated rings. The van der Waals surface area contributed by atoms with Crippen LogP contribution >= 0.6 is 0 Å². The molecule has 0 aromatic heterocycles. The molecule has 3 aromatic carbocycles. The molecule has 38 heavy (non-hydrogen) atoms. The van der Waals surface area contributed by atoms with Crippen molar-refractivity contribution in [2.75, 3.05) is 34.9 Å². The van der Waals surface area contributed by atoms with Gasteiger partial charge in [0.25, 0.3) is 0 Å². The summed E-state index contributed by atoms with van der Waals surface area (Å²) in [5.41, 5.74) is 4.11. The fourth-order valence-corrected chi connectivity index (χ4v) is 5.06. The van der Waals surface area contributed by atoms with Gasteiger partial charge in [-0.25, -0.2) is 0 Å². The van der Waals surface area contributed by atoms with Gasteiger partial charge in [-0.15, -0.1) is 0 Å². The number of amides is 2. The van der Waals surface area contributed by atoms with Crippen molar-refractivity contribution in [1.82, 2.24) is 9.80 Å². The molecule has 0 radical (unpaired) electrons. The van der Waals surface area contributed by atoms with Gasteiger partial charge in [0, 0.05) is 20.0 Å². The topological polar surface area (TPSA) is 68.3 Å². The van der Waals surface area contributed by atoms with Crippen LogP contribution in [0.5, 0.6) is 17.2 Å². The van der Waals surface area contributed by atoms with Gasteiger partial charge in [-0.3, -0.25) is 9.59 Å². The Morgan fingerprint density at radius 2 is 1.39 bits per heavy atom. The molecule has 3 aromatic rings. The lowest BCUT2D eigenvalue weighted by molar-refractivity contribution is -0.159. The lowest BCUT2D eigenvalue weighted by atomic mass is 9.96. The minimum atomic E-state index is -0.526. The number of methoxy groups -OCH3 is 3. The van der Waals surface area contributed by atoms with Gasteiger partial charge in [-0.2, -0.15) is 0 Å². The van der Waals surface area contributed by atoms with Crippen molar-refractivity contribution >= 4 is 11.8 Å². The van der Waals surface area contributed by atoms with Crippen LogP contribution in [0.4, 0.5) is 0 Å². The summed E-state index contributed by atoms with van der Waals surface area (Å²) in [6.07, 6.45) is 2.14. The molecule has 200 valence electrons. The van der Waals surface area contributed by atoms with Gasteiger partial charge in [-0.1, -0.05) is 54.6 Å². The zero-order chi connectivity index (χ0) is 27.2. The van der Waals surface area contributed by atoms with Crippen LogP contribution in [0.2, 0.25) is 0 Å². The van der Waals surface area contributed by atoms with E-state index in [2.05, 4.69) is 12.1 Å². The van der Waals surface area contributed by atoms with Crippen molar-refractivity contribution in [3.8, 4) is 28.4 Å². The molecule has 7 heteroatoms. The van der Waals surface area contributed by atoms with E-state index in [-0.39, 0.29) is 11.8 Å². The standard InChI is InChI=1S/C31H36N2O5/c1-21-30(34)32(2)26(31(35)33(21)17-9-12-22-10-7-6-8-11-22)18-23-13-15-24(16-14-23)25-19-27(36-3)29(38-5)28(20-25)37-4/h6-8,10-11,13-16,19-21,26H,9,12,17-18H2,1-5H3/t21-,26-/m0/s1. The van der Waals surface area contributed by atoms with Gasteiger partial charge in [0.15, 0.2) is 11.5 Å². The molecule has 2 atom stereocenters. The smallest absolute Gasteiger partial charge is 0.246 e. The predicted molar refractivity (Wildman–Crippen MR) is 148 cm³/mol. The second-order valence-corrected chi connectivity index (χ2v) is 9.58. The Bertz CT molecular complexity index is 1230. The molecule has 4 rings (SSSR count). The van der Waals surface area contributed by atoms with E-state index in [1.807, 2.05) is 61.5 Å². The van der Waals surface area contributed by atoms with E-state index >= 15 is 0 Å². The van der Waals surface area contributed by atoms with E-state index in [1.54, 1.807) is 38.2 Å². The number of piperazine rings is 1. The Hall–Kier alpha value is -4.00. The van der Waals surface area contributed by atoms with E-state index in [0.29, 0.717) is 30.2 Å². The van der Waals surface area contributed by atoms with Gasteiger partial charge >= 0.3 is 0 Å². The number of benzene rings is 3. The van der Waals surface area contributed by atoms with E-state index < -0.39 is 12.1 Å². The predicted octanol–water partition coefficient (Wildman–Crippen LogP) is 4.61. The minimum Gasteiger partial charge on any atom is -0.493 e. The van der Waals surface area contributed by atoms with Crippen LogP contribution in [0.3, 0.4) is 0 Å². The number of aryl methyl sites for hydroxylation is 1. The maximum Gasteiger partial charge on any atom is 0.246 e. The minimum absolute atomic E-state index is 0.00126. The Labute approximate surface area is 224 Å². The van der Waals surface area contributed by atoms with Crippen molar-refractivity contribution in [3.63, 3.8) is 0 Å². The zero-order valence-electron chi connectivity index (χ0n) is 22.8. The molecule has 1 heterocycles. The number of hydrogen-bond donors (Lipinski definition) is 0. The molecule has 0 unspecified atom stereocenters. The van der Waals surface area contributed by atoms with Crippen LogP contribution in [-0.4, -0.2) is 68.6 Å². The number of ether oxygens (including phenoxy) is 3. The maximum atomic E-state index is 13.5. The number of hydrogen-bond acceptors (Lipinski definition) is 5. The van der Waals surface area contributed by atoms with Crippen LogP contribution in [0, 0.1) is 0 Å². The Morgan fingerprint density at radius 3 is 1.97 bits per heavy atom. The lowest BCUT2D eigenvalue weighted by Gasteiger charge is -2.42. The molecule has 0 bridgehead atoms. The fraction of sp³-hybridized carbons (Fsp3) is 0.355. The van der Waals surface area contributed by atoms with Gasteiger partial charge in [0.05, 0.1) is 21.3 Å². The normalized spacial score (nSPS) is 17.5. The second kappa shape index (κ2) is 12.0. The average molecular weight is 517 g/mol. The van der Waals surface area contributed by atoms with E-state index in [1.165, 1.54) is 5.56 Å². The molecule has 0 spiro atoms. The van der Waals surface area contributed by atoms with Gasteiger partial charge in [0.2, 0.25) is 17.6 Å². The monoisotopic (exact) mass is 516 g/mol. The number of nitrogens with zero attached hydrogens (tertiary/aromatic N) is 2. The lowest BCUT2D eigenvalue weighted by Crippen LogP contribution is -2.63. The maximum absolute atomic E-state index is 13.5. The van der Waals surface area contributed by atoms with Crippen molar-refractivity contribution in [2.45, 2.75) is 38.3 Å². The zero-order valence-corrected chi connectivity index (χ0v) is 22.8. The fourth-order valence-electron chi connectivity index (χ4n) is 5.06. The molecule has 0 saturated carbocycles. The molecular weight excluding hydrogens is 480 g/mol. The van der Waals surface area contributed by atoms with Gasteiger partial charge in [0.1, 0.15) is 12.1 Å². The number of carbonyl (C=O) groups is 2. The van der Waals surface area contributed by atoms with Crippen molar-refractivity contribution in [2.24, 2.45) is 0 Å². The van der Waals surface area contributed by atoms with Crippen LogP contribution in [-0.2, 0) is 22.4 Å². The second-order valence-electron chi connectivity index (χ2n) is 9.58. The van der Waals surface area contributed by atoms with Crippen LogP contribution in [0.15, 0.2) is 66.7 Å². The summed E-state index contributed by atoms with van der Waals surface area (Å²) in [6, 6.07) is 21.1. The third kappa shape index (κ3) is 5.62. The Kier molecular flexibility index (Phi) is 8.56. The highest BCUT2D eigenvalue weighted by Gasteiger charge is 2.41. The number of carbonyl (C=O) groups excluding carboxylic acids is 2. The van der Waals surface area contributed by atoms with E-state index in [4.69, 9.17) is 14.2 Å². The molecular formula is C31H36N2O5.